The highest BCUT2D eigenvalue weighted by Gasteiger charge is 2.29. The molecule has 1 heterocycles. The van der Waals surface area contributed by atoms with E-state index in [4.69, 9.17) is 14.2 Å². The average Bonchev–Trinajstić information content (AvgIpc) is 2.76. The lowest BCUT2D eigenvalue weighted by atomic mass is 10.1. The van der Waals surface area contributed by atoms with Crippen LogP contribution in [0.15, 0.2) is 24.3 Å². The number of benzene rings is 1. The minimum absolute atomic E-state index is 0.0371. The number of methoxy groups -OCH3 is 1. The summed E-state index contributed by atoms with van der Waals surface area (Å²) in [4.78, 5) is 13.4. The van der Waals surface area contributed by atoms with E-state index in [9.17, 15) is 9.90 Å². The number of carbonyl (C=O) groups is 1. The number of para-hydroxylation sites is 2. The Balaban J connectivity index is 2.10. The Morgan fingerprint density at radius 2 is 1.96 bits per heavy atom. The Bertz CT molecular complexity index is 522. The number of rotatable bonds is 7. The van der Waals surface area contributed by atoms with Crippen LogP contribution in [0.3, 0.4) is 0 Å². The van der Waals surface area contributed by atoms with Gasteiger partial charge in [-0.2, -0.15) is 0 Å². The van der Waals surface area contributed by atoms with E-state index in [-0.39, 0.29) is 24.8 Å². The van der Waals surface area contributed by atoms with Crippen molar-refractivity contribution in [2.75, 3.05) is 20.4 Å². The van der Waals surface area contributed by atoms with Crippen LogP contribution < -0.4 is 9.47 Å². The SMILES string of the molecule is COC1CCCCC(CCO)N1COc1ccccc1OC(C)=O. The van der Waals surface area contributed by atoms with Crippen molar-refractivity contribution >= 4 is 5.97 Å². The largest absolute Gasteiger partial charge is 0.474 e. The zero-order valence-corrected chi connectivity index (χ0v) is 14.4. The molecule has 24 heavy (non-hydrogen) atoms. The summed E-state index contributed by atoms with van der Waals surface area (Å²) in [5.41, 5.74) is 0. The van der Waals surface area contributed by atoms with Gasteiger partial charge < -0.3 is 19.3 Å². The normalized spacial score (nSPS) is 22.0. The number of aliphatic hydroxyl groups is 1. The molecule has 2 atom stereocenters. The monoisotopic (exact) mass is 337 g/mol. The number of likely N-dealkylation sites (tertiary alicyclic amines) is 1. The van der Waals surface area contributed by atoms with Crippen LogP contribution in [-0.4, -0.2) is 48.7 Å². The van der Waals surface area contributed by atoms with Crippen molar-refractivity contribution in [2.24, 2.45) is 0 Å². The molecule has 1 aromatic carbocycles. The van der Waals surface area contributed by atoms with Crippen molar-refractivity contribution in [3.05, 3.63) is 24.3 Å². The molecule has 1 aliphatic heterocycles. The van der Waals surface area contributed by atoms with Crippen molar-refractivity contribution in [3.8, 4) is 11.5 Å². The summed E-state index contributed by atoms with van der Waals surface area (Å²) in [5, 5.41) is 9.35. The second-order valence-corrected chi connectivity index (χ2v) is 5.97. The first kappa shape index (κ1) is 18.7. The smallest absolute Gasteiger partial charge is 0.308 e. The van der Waals surface area contributed by atoms with Gasteiger partial charge in [0.1, 0.15) is 13.0 Å². The van der Waals surface area contributed by atoms with Crippen LogP contribution >= 0.6 is 0 Å². The minimum Gasteiger partial charge on any atom is -0.474 e. The molecule has 134 valence electrons. The predicted molar refractivity (Wildman–Crippen MR) is 89.8 cm³/mol. The van der Waals surface area contributed by atoms with E-state index >= 15 is 0 Å². The number of aliphatic hydroxyl groups excluding tert-OH is 1. The van der Waals surface area contributed by atoms with E-state index in [2.05, 4.69) is 4.90 Å². The fraction of sp³-hybridized carbons (Fsp3) is 0.611. The molecule has 1 saturated heterocycles. The zero-order chi connectivity index (χ0) is 17.4. The third-order valence-electron chi connectivity index (χ3n) is 4.28. The van der Waals surface area contributed by atoms with Crippen molar-refractivity contribution in [3.63, 3.8) is 0 Å². The molecule has 1 aliphatic rings. The van der Waals surface area contributed by atoms with Gasteiger partial charge in [-0.25, -0.2) is 4.90 Å². The standard InChI is InChI=1S/C18H27NO5/c1-14(21)24-17-9-5-4-8-16(17)23-13-19-15(11-12-20)7-3-6-10-18(19)22-2/h4-5,8-9,15,18,20H,3,6-7,10-13H2,1-2H3. The van der Waals surface area contributed by atoms with Gasteiger partial charge in [-0.3, -0.25) is 4.79 Å². The van der Waals surface area contributed by atoms with E-state index < -0.39 is 0 Å². The van der Waals surface area contributed by atoms with Crippen LogP contribution in [0.25, 0.3) is 0 Å². The molecule has 1 fully saturated rings. The van der Waals surface area contributed by atoms with Crippen LogP contribution in [0.5, 0.6) is 11.5 Å². The van der Waals surface area contributed by atoms with Gasteiger partial charge in [0.25, 0.3) is 0 Å². The molecule has 0 bridgehead atoms. The molecule has 6 nitrogen and oxygen atoms in total. The number of nitrogens with zero attached hydrogens (tertiary/aromatic N) is 1. The minimum atomic E-state index is -0.381. The van der Waals surface area contributed by atoms with Gasteiger partial charge in [-0.05, 0) is 37.8 Å². The highest BCUT2D eigenvalue weighted by molar-refractivity contribution is 5.70. The zero-order valence-electron chi connectivity index (χ0n) is 14.4. The van der Waals surface area contributed by atoms with E-state index in [0.29, 0.717) is 24.7 Å². The molecule has 0 spiro atoms. The number of esters is 1. The van der Waals surface area contributed by atoms with Crippen LogP contribution in [0.1, 0.15) is 39.0 Å². The van der Waals surface area contributed by atoms with Gasteiger partial charge in [0.15, 0.2) is 11.5 Å². The van der Waals surface area contributed by atoms with Crippen molar-refractivity contribution in [1.82, 2.24) is 4.90 Å². The van der Waals surface area contributed by atoms with Gasteiger partial charge in [0, 0.05) is 26.7 Å². The highest BCUT2D eigenvalue weighted by Crippen LogP contribution is 2.29. The van der Waals surface area contributed by atoms with Gasteiger partial charge in [-0.15, -0.1) is 0 Å². The topological polar surface area (TPSA) is 68.2 Å². The highest BCUT2D eigenvalue weighted by atomic mass is 16.6. The summed E-state index contributed by atoms with van der Waals surface area (Å²) in [6, 6.07) is 7.33. The summed E-state index contributed by atoms with van der Waals surface area (Å²) in [7, 11) is 1.70. The summed E-state index contributed by atoms with van der Waals surface area (Å²) < 4.78 is 16.7. The molecule has 6 heteroatoms. The molecule has 0 radical (unpaired) electrons. The molecule has 0 aliphatic carbocycles. The molecule has 0 aromatic heterocycles. The molecule has 0 saturated carbocycles. The van der Waals surface area contributed by atoms with E-state index in [1.807, 2.05) is 6.07 Å². The summed E-state index contributed by atoms with van der Waals surface area (Å²) in [6.45, 7) is 1.83. The van der Waals surface area contributed by atoms with E-state index in [0.717, 1.165) is 25.7 Å². The molecule has 2 unspecified atom stereocenters. The fourth-order valence-electron chi connectivity index (χ4n) is 3.12. The van der Waals surface area contributed by atoms with Gasteiger partial charge in [0.2, 0.25) is 0 Å². The first-order chi connectivity index (χ1) is 11.7. The molecule has 1 aromatic rings. The maximum atomic E-state index is 11.2. The van der Waals surface area contributed by atoms with Gasteiger partial charge in [0.05, 0.1) is 0 Å². The Morgan fingerprint density at radius 3 is 2.62 bits per heavy atom. The summed E-state index contributed by atoms with van der Waals surface area (Å²) >= 11 is 0. The number of ether oxygens (including phenoxy) is 3. The number of hydrogen-bond acceptors (Lipinski definition) is 6. The first-order valence-corrected chi connectivity index (χ1v) is 8.45. The van der Waals surface area contributed by atoms with Crippen LogP contribution in [-0.2, 0) is 9.53 Å². The van der Waals surface area contributed by atoms with E-state index in [1.165, 1.54) is 6.92 Å². The van der Waals surface area contributed by atoms with Crippen molar-refractivity contribution in [2.45, 2.75) is 51.3 Å². The molecular weight excluding hydrogens is 310 g/mol. The summed E-state index contributed by atoms with van der Waals surface area (Å²) in [5.74, 6) is 0.552. The van der Waals surface area contributed by atoms with Gasteiger partial charge >= 0.3 is 5.97 Å². The quantitative estimate of drug-likeness (QED) is 0.609. The maximum Gasteiger partial charge on any atom is 0.308 e. The predicted octanol–water partition coefficient (Wildman–Crippen LogP) is 2.55. The first-order valence-electron chi connectivity index (χ1n) is 8.45. The van der Waals surface area contributed by atoms with Crippen LogP contribution in [0.2, 0.25) is 0 Å². The molecule has 2 rings (SSSR count). The second-order valence-electron chi connectivity index (χ2n) is 5.97. The lowest BCUT2D eigenvalue weighted by Crippen LogP contribution is -2.45. The third-order valence-corrected chi connectivity index (χ3v) is 4.28. The Kier molecular flexibility index (Phi) is 7.49. The number of hydrogen-bond donors (Lipinski definition) is 1. The summed E-state index contributed by atoms with van der Waals surface area (Å²) in [6.07, 6.45) is 4.81. The van der Waals surface area contributed by atoms with Crippen LogP contribution in [0, 0.1) is 0 Å². The maximum absolute atomic E-state index is 11.2. The second kappa shape index (κ2) is 9.61. The molecule has 1 N–H and O–H groups in total. The van der Waals surface area contributed by atoms with Crippen LogP contribution in [0.4, 0.5) is 0 Å². The van der Waals surface area contributed by atoms with Crippen molar-refractivity contribution in [1.29, 1.82) is 0 Å². The molecule has 0 amide bonds. The lowest BCUT2D eigenvalue weighted by molar-refractivity contribution is -0.132. The third kappa shape index (κ3) is 5.19. The Morgan fingerprint density at radius 1 is 1.25 bits per heavy atom. The lowest BCUT2D eigenvalue weighted by Gasteiger charge is -2.34. The van der Waals surface area contributed by atoms with E-state index in [1.54, 1.807) is 25.3 Å². The van der Waals surface area contributed by atoms with Gasteiger partial charge in [-0.1, -0.05) is 18.6 Å². The Hall–Kier alpha value is -1.63. The fourth-order valence-corrected chi connectivity index (χ4v) is 3.12. The number of carbonyl (C=O) groups excluding carboxylic acids is 1. The Labute approximate surface area is 143 Å². The van der Waals surface area contributed by atoms with Crippen molar-refractivity contribution < 1.29 is 24.1 Å². The molecular formula is C18H27NO5. The average molecular weight is 337 g/mol.